The number of aryl methyl sites for hydroxylation is 1. The molecule has 0 aliphatic carbocycles. The zero-order valence-corrected chi connectivity index (χ0v) is 16.5. The molecule has 4 rings (SSSR count). The van der Waals surface area contributed by atoms with Crippen LogP contribution in [0.5, 0.6) is 0 Å². The molecule has 2 aromatic carbocycles. The fourth-order valence-electron chi connectivity index (χ4n) is 3.30. The van der Waals surface area contributed by atoms with E-state index in [0.717, 1.165) is 20.7 Å². The van der Waals surface area contributed by atoms with E-state index in [2.05, 4.69) is 10.9 Å². The summed E-state index contributed by atoms with van der Waals surface area (Å²) in [5.74, 6) is 1.62. The number of imide groups is 1. The summed E-state index contributed by atoms with van der Waals surface area (Å²) < 4.78 is 2.82. The number of nitrogens with zero attached hydrogens (tertiary/aromatic N) is 3. The van der Waals surface area contributed by atoms with Crippen LogP contribution in [0, 0.1) is 19.3 Å². The maximum absolute atomic E-state index is 12.8. The van der Waals surface area contributed by atoms with Gasteiger partial charge in [-0.25, -0.2) is 0 Å². The van der Waals surface area contributed by atoms with Gasteiger partial charge in [0.25, 0.3) is 5.91 Å². The Balaban J connectivity index is 1.76. The molecule has 0 unspecified atom stereocenters. The van der Waals surface area contributed by atoms with Gasteiger partial charge in [0.1, 0.15) is 0 Å². The number of rotatable bonds is 3. The summed E-state index contributed by atoms with van der Waals surface area (Å²) in [5.41, 5.74) is 2.72. The Morgan fingerprint density at radius 2 is 1.93 bits per heavy atom. The first-order chi connectivity index (χ1) is 14.0. The maximum Gasteiger partial charge on any atom is 0.279 e. The van der Waals surface area contributed by atoms with Crippen LogP contribution < -0.4 is 9.70 Å². The van der Waals surface area contributed by atoms with E-state index in [4.69, 9.17) is 6.42 Å². The number of aromatic nitrogens is 1. The highest BCUT2D eigenvalue weighted by molar-refractivity contribution is 7.16. The van der Waals surface area contributed by atoms with Crippen LogP contribution in [0.25, 0.3) is 10.2 Å². The molecule has 1 fully saturated rings. The van der Waals surface area contributed by atoms with E-state index < -0.39 is 5.91 Å². The quantitative estimate of drug-likeness (QED) is 0.498. The van der Waals surface area contributed by atoms with Gasteiger partial charge in [0.05, 0.1) is 22.4 Å². The summed E-state index contributed by atoms with van der Waals surface area (Å²) in [6.45, 7) is 2.30. The fourth-order valence-corrected chi connectivity index (χ4v) is 4.43. The van der Waals surface area contributed by atoms with Crippen molar-refractivity contribution < 1.29 is 14.4 Å². The molecule has 1 aliphatic heterocycles. The molecule has 0 radical (unpaired) electrons. The molecule has 0 atom stereocenters. The molecule has 0 saturated carbocycles. The highest BCUT2D eigenvalue weighted by Gasteiger charge is 2.30. The Labute approximate surface area is 171 Å². The smallest absolute Gasteiger partial charge is 0.279 e. The highest BCUT2D eigenvalue weighted by Crippen LogP contribution is 2.24. The average Bonchev–Trinajstić information content (AvgIpc) is 3.21. The van der Waals surface area contributed by atoms with E-state index in [1.165, 1.54) is 17.4 Å². The van der Waals surface area contributed by atoms with Gasteiger partial charge >= 0.3 is 0 Å². The van der Waals surface area contributed by atoms with Crippen LogP contribution in [0.4, 0.5) is 5.69 Å². The molecule has 0 spiro atoms. The van der Waals surface area contributed by atoms with Crippen molar-refractivity contribution in [2.45, 2.75) is 26.3 Å². The van der Waals surface area contributed by atoms with Crippen molar-refractivity contribution in [3.05, 3.63) is 58.4 Å². The lowest BCUT2D eigenvalue weighted by molar-refractivity contribution is -0.121. The Bertz CT molecular complexity index is 1260. The molecule has 1 saturated heterocycles. The van der Waals surface area contributed by atoms with Crippen molar-refractivity contribution >= 4 is 45.0 Å². The summed E-state index contributed by atoms with van der Waals surface area (Å²) in [7, 11) is 0. The third-order valence-corrected chi connectivity index (χ3v) is 5.73. The largest absolute Gasteiger partial charge is 0.305 e. The second-order valence-electron chi connectivity index (χ2n) is 6.74. The molecule has 3 aromatic rings. The van der Waals surface area contributed by atoms with Crippen LogP contribution >= 0.6 is 11.3 Å². The molecule has 1 aromatic heterocycles. The van der Waals surface area contributed by atoms with Crippen molar-refractivity contribution in [3.8, 4) is 12.3 Å². The van der Waals surface area contributed by atoms with E-state index >= 15 is 0 Å². The van der Waals surface area contributed by atoms with Gasteiger partial charge in [-0.2, -0.15) is 4.99 Å². The fraction of sp³-hybridized carbons (Fsp3) is 0.182. The van der Waals surface area contributed by atoms with Crippen LogP contribution in [0.2, 0.25) is 0 Å². The summed E-state index contributed by atoms with van der Waals surface area (Å²) in [4.78, 5) is 42.7. The van der Waals surface area contributed by atoms with Crippen LogP contribution in [0.15, 0.2) is 47.5 Å². The standard InChI is InChI=1S/C22H17N3O3S/c1-3-11-24-17-8-7-14(2)12-18(17)29-22(24)23-21(28)15-5-4-6-16(13-15)25-19(26)9-10-20(25)27/h1,4-8,12-13H,9-11H2,2H3. The van der Waals surface area contributed by atoms with Crippen molar-refractivity contribution in [2.24, 2.45) is 4.99 Å². The number of amides is 3. The van der Waals surface area contributed by atoms with E-state index in [-0.39, 0.29) is 24.7 Å². The van der Waals surface area contributed by atoms with Crippen LogP contribution in [0.1, 0.15) is 28.8 Å². The topological polar surface area (TPSA) is 71.7 Å². The van der Waals surface area contributed by atoms with Crippen molar-refractivity contribution in [1.29, 1.82) is 0 Å². The minimum atomic E-state index is -0.458. The molecule has 6 nitrogen and oxygen atoms in total. The van der Waals surface area contributed by atoms with Crippen LogP contribution in [-0.4, -0.2) is 22.3 Å². The molecule has 144 valence electrons. The van der Waals surface area contributed by atoms with Crippen LogP contribution in [0.3, 0.4) is 0 Å². The van der Waals surface area contributed by atoms with Gasteiger partial charge in [-0.05, 0) is 42.8 Å². The van der Waals surface area contributed by atoms with Gasteiger partial charge in [-0.3, -0.25) is 19.3 Å². The van der Waals surface area contributed by atoms with Gasteiger partial charge in [0, 0.05) is 18.4 Å². The number of thiazole rings is 1. The van der Waals surface area contributed by atoms with E-state index in [1.54, 1.807) is 18.2 Å². The Morgan fingerprint density at radius 1 is 1.17 bits per heavy atom. The highest BCUT2D eigenvalue weighted by atomic mass is 32.1. The van der Waals surface area contributed by atoms with E-state index in [9.17, 15) is 14.4 Å². The summed E-state index contributed by atoms with van der Waals surface area (Å²) >= 11 is 1.39. The first-order valence-corrected chi connectivity index (χ1v) is 9.88. The lowest BCUT2D eigenvalue weighted by atomic mass is 10.2. The zero-order valence-electron chi connectivity index (χ0n) is 15.7. The van der Waals surface area contributed by atoms with Gasteiger partial charge in [0.15, 0.2) is 4.80 Å². The van der Waals surface area contributed by atoms with Crippen molar-refractivity contribution in [1.82, 2.24) is 4.57 Å². The third kappa shape index (κ3) is 3.50. The summed E-state index contributed by atoms with van der Waals surface area (Å²) in [5, 5.41) is 0. The number of carbonyl (C=O) groups excluding carboxylic acids is 3. The molecule has 29 heavy (non-hydrogen) atoms. The molecule has 3 amide bonds. The number of benzene rings is 2. The SMILES string of the molecule is C#CCn1c(=NC(=O)c2cccc(N3C(=O)CCC3=O)c2)sc2cc(C)ccc21. The van der Waals surface area contributed by atoms with Crippen LogP contribution in [-0.2, 0) is 16.1 Å². The summed E-state index contributed by atoms with van der Waals surface area (Å²) in [6, 6.07) is 12.4. The minimum absolute atomic E-state index is 0.189. The first-order valence-electron chi connectivity index (χ1n) is 9.06. The predicted molar refractivity (Wildman–Crippen MR) is 111 cm³/mol. The second-order valence-corrected chi connectivity index (χ2v) is 7.75. The molecular formula is C22H17N3O3S. The van der Waals surface area contributed by atoms with E-state index in [1.807, 2.05) is 29.7 Å². The lowest BCUT2D eigenvalue weighted by Crippen LogP contribution is -2.28. The predicted octanol–water partition coefficient (Wildman–Crippen LogP) is 3.04. The van der Waals surface area contributed by atoms with Crippen molar-refractivity contribution in [3.63, 3.8) is 0 Å². The number of fused-ring (bicyclic) bond motifs is 1. The van der Waals surface area contributed by atoms with Gasteiger partial charge in [-0.1, -0.05) is 29.4 Å². The van der Waals surface area contributed by atoms with Gasteiger partial charge in [0.2, 0.25) is 11.8 Å². The number of hydrogen-bond donors (Lipinski definition) is 0. The summed E-state index contributed by atoms with van der Waals surface area (Å²) in [6.07, 6.45) is 5.88. The normalized spacial score (nSPS) is 14.6. The number of hydrogen-bond acceptors (Lipinski definition) is 4. The minimum Gasteiger partial charge on any atom is -0.305 e. The number of carbonyl (C=O) groups is 3. The average molecular weight is 403 g/mol. The maximum atomic E-state index is 12.8. The molecular weight excluding hydrogens is 386 g/mol. The number of terminal acetylenes is 1. The zero-order chi connectivity index (χ0) is 20.5. The van der Waals surface area contributed by atoms with Gasteiger partial charge in [-0.15, -0.1) is 6.42 Å². The number of anilines is 1. The Kier molecular flexibility index (Phi) is 4.87. The van der Waals surface area contributed by atoms with Crippen molar-refractivity contribution in [2.75, 3.05) is 4.90 Å². The van der Waals surface area contributed by atoms with E-state index in [0.29, 0.717) is 22.6 Å². The Morgan fingerprint density at radius 3 is 2.66 bits per heavy atom. The molecule has 2 heterocycles. The first kappa shape index (κ1) is 18.8. The molecule has 0 bridgehead atoms. The second kappa shape index (κ2) is 7.49. The van der Waals surface area contributed by atoms with Gasteiger partial charge < -0.3 is 4.57 Å². The lowest BCUT2D eigenvalue weighted by Gasteiger charge is -2.14. The molecule has 7 heteroatoms. The molecule has 1 aliphatic rings. The molecule has 0 N–H and O–H groups in total. The monoisotopic (exact) mass is 403 g/mol. The third-order valence-electron chi connectivity index (χ3n) is 4.69. The Hall–Kier alpha value is -3.50.